The van der Waals surface area contributed by atoms with Crippen LogP contribution in [0, 0.1) is 0 Å². The summed E-state index contributed by atoms with van der Waals surface area (Å²) in [6, 6.07) is 11.0. The number of carbonyl (C=O) groups excluding carboxylic acids is 1. The number of aromatic nitrogens is 1. The molecule has 4 rings (SSSR count). The number of rotatable bonds is 11. The highest BCUT2D eigenvalue weighted by atomic mass is 16.5. The average Bonchev–Trinajstić information content (AvgIpc) is 2.86. The van der Waals surface area contributed by atoms with Crippen LogP contribution in [0.1, 0.15) is 74.1 Å². The number of nitrogens with one attached hydrogen (secondary N) is 2. The van der Waals surface area contributed by atoms with Gasteiger partial charge in [0.15, 0.2) is 0 Å². The van der Waals surface area contributed by atoms with Gasteiger partial charge >= 0.3 is 5.97 Å². The Morgan fingerprint density at radius 1 is 1.12 bits per heavy atom. The van der Waals surface area contributed by atoms with Crippen LogP contribution in [-0.2, 0) is 22.4 Å². The topological polar surface area (TPSA) is 101 Å². The molecule has 1 aromatic heterocycles. The summed E-state index contributed by atoms with van der Waals surface area (Å²) in [5.41, 5.74) is 3.28. The number of carbonyl (C=O) groups is 2. The molecule has 2 aromatic rings. The molecule has 7 heteroatoms. The molecule has 1 aromatic carbocycles. The van der Waals surface area contributed by atoms with Crippen LogP contribution >= 0.6 is 0 Å². The molecule has 0 unspecified atom stereocenters. The second-order valence-corrected chi connectivity index (χ2v) is 9.27. The van der Waals surface area contributed by atoms with Crippen molar-refractivity contribution in [2.45, 2.75) is 76.2 Å². The summed E-state index contributed by atoms with van der Waals surface area (Å²) in [5, 5.41) is 15.8. The van der Waals surface area contributed by atoms with Crippen molar-refractivity contribution in [3.8, 4) is 5.75 Å². The van der Waals surface area contributed by atoms with Gasteiger partial charge in [0, 0.05) is 17.8 Å². The number of aryl methyl sites for hydroxylation is 2. The molecule has 3 N–H and O–H groups in total. The minimum absolute atomic E-state index is 0.227. The van der Waals surface area contributed by atoms with E-state index in [0.29, 0.717) is 25.2 Å². The van der Waals surface area contributed by atoms with Crippen molar-refractivity contribution in [3.05, 3.63) is 53.2 Å². The molecule has 0 saturated carbocycles. The molecule has 0 spiro atoms. The minimum atomic E-state index is -0.971. The second-order valence-electron chi connectivity index (χ2n) is 9.27. The lowest BCUT2D eigenvalue weighted by Crippen LogP contribution is -2.43. The number of ether oxygens (including phenoxy) is 1. The van der Waals surface area contributed by atoms with E-state index in [4.69, 9.17) is 9.72 Å². The number of fused-ring (bicyclic) bond motifs is 2. The van der Waals surface area contributed by atoms with E-state index in [-0.39, 0.29) is 11.8 Å². The number of hydrogen-bond acceptors (Lipinski definition) is 5. The van der Waals surface area contributed by atoms with E-state index in [9.17, 15) is 14.7 Å². The first-order valence-electron chi connectivity index (χ1n) is 12.6. The molecule has 34 heavy (non-hydrogen) atoms. The molecule has 2 aliphatic heterocycles. The maximum absolute atomic E-state index is 12.8. The fourth-order valence-corrected chi connectivity index (χ4v) is 4.84. The highest BCUT2D eigenvalue weighted by Crippen LogP contribution is 2.33. The molecule has 7 nitrogen and oxygen atoms in total. The summed E-state index contributed by atoms with van der Waals surface area (Å²) in [7, 11) is 0. The number of para-hydroxylation sites is 1. The van der Waals surface area contributed by atoms with Crippen LogP contribution in [0.5, 0.6) is 5.75 Å². The second kappa shape index (κ2) is 11.9. The third-order valence-electron chi connectivity index (χ3n) is 6.77. The number of unbranched alkanes of at least 4 members (excludes halogenated alkanes) is 4. The summed E-state index contributed by atoms with van der Waals surface area (Å²) in [4.78, 5) is 29.3. The third-order valence-corrected chi connectivity index (χ3v) is 6.77. The number of carboxylic acids is 1. The molecule has 182 valence electrons. The lowest BCUT2D eigenvalue weighted by molar-refractivity contribution is -0.142. The highest BCUT2D eigenvalue weighted by molar-refractivity contribution is 5.88. The predicted molar refractivity (Wildman–Crippen MR) is 131 cm³/mol. The van der Waals surface area contributed by atoms with Crippen molar-refractivity contribution in [2.75, 3.05) is 18.5 Å². The van der Waals surface area contributed by atoms with Crippen LogP contribution < -0.4 is 15.4 Å². The molecular weight excluding hydrogens is 430 g/mol. The number of hydrogen-bond donors (Lipinski definition) is 3. The van der Waals surface area contributed by atoms with Gasteiger partial charge in [-0.3, -0.25) is 4.79 Å². The molecule has 0 fully saturated rings. The monoisotopic (exact) mass is 465 g/mol. The van der Waals surface area contributed by atoms with Crippen LogP contribution in [-0.4, -0.2) is 41.2 Å². The lowest BCUT2D eigenvalue weighted by atomic mass is 9.92. The van der Waals surface area contributed by atoms with Gasteiger partial charge in [0.25, 0.3) is 0 Å². The van der Waals surface area contributed by atoms with E-state index >= 15 is 0 Å². The third kappa shape index (κ3) is 6.27. The van der Waals surface area contributed by atoms with Crippen molar-refractivity contribution in [1.29, 1.82) is 0 Å². The van der Waals surface area contributed by atoms with E-state index < -0.39 is 12.0 Å². The zero-order chi connectivity index (χ0) is 23.8. The number of pyridine rings is 1. The fraction of sp³-hybridized carbons (Fsp3) is 0.519. The normalized spacial score (nSPS) is 17.5. The minimum Gasteiger partial charge on any atom is -0.493 e. The van der Waals surface area contributed by atoms with Gasteiger partial charge in [0.1, 0.15) is 17.6 Å². The Labute approximate surface area is 201 Å². The van der Waals surface area contributed by atoms with Crippen LogP contribution in [0.3, 0.4) is 0 Å². The van der Waals surface area contributed by atoms with Gasteiger partial charge in [-0.1, -0.05) is 49.9 Å². The van der Waals surface area contributed by atoms with Crippen molar-refractivity contribution in [1.82, 2.24) is 10.3 Å². The van der Waals surface area contributed by atoms with E-state index in [2.05, 4.69) is 22.8 Å². The Balaban J connectivity index is 1.15. The van der Waals surface area contributed by atoms with E-state index in [1.54, 1.807) is 0 Å². The number of nitrogens with zero attached hydrogens (tertiary/aromatic N) is 1. The van der Waals surface area contributed by atoms with Crippen molar-refractivity contribution < 1.29 is 19.4 Å². The summed E-state index contributed by atoms with van der Waals surface area (Å²) < 4.78 is 5.62. The van der Waals surface area contributed by atoms with E-state index in [0.717, 1.165) is 68.6 Å². The number of benzene rings is 1. The molecule has 1 amide bonds. The van der Waals surface area contributed by atoms with Gasteiger partial charge in [-0.15, -0.1) is 0 Å². The van der Waals surface area contributed by atoms with Crippen molar-refractivity contribution in [2.24, 2.45) is 0 Å². The molecule has 2 atom stereocenters. The van der Waals surface area contributed by atoms with Crippen molar-refractivity contribution in [3.63, 3.8) is 0 Å². The smallest absolute Gasteiger partial charge is 0.326 e. The summed E-state index contributed by atoms with van der Waals surface area (Å²) in [6.07, 6.45) is 9.21. The van der Waals surface area contributed by atoms with Gasteiger partial charge in [0.05, 0.1) is 12.5 Å². The molecule has 0 bridgehead atoms. The highest BCUT2D eigenvalue weighted by Gasteiger charge is 2.30. The standard InChI is InChI=1S/C27H35N3O4/c31-26(22-16-18-34-24-13-7-6-11-21(22)24)30-23(27(32)33)12-5-3-1-2-4-10-20-15-14-19-9-8-17-28-25(19)29-20/h6-7,11,13-15,22-23H,1-5,8-10,12,16-18H2,(H,28,29)(H,30,31)(H,32,33)/t22-,23-/m0/s1. The van der Waals surface area contributed by atoms with Crippen LogP contribution in [0.15, 0.2) is 36.4 Å². The summed E-state index contributed by atoms with van der Waals surface area (Å²) >= 11 is 0. The van der Waals surface area contributed by atoms with Gasteiger partial charge in [-0.05, 0) is 56.2 Å². The number of aliphatic carboxylic acids is 1. The zero-order valence-corrected chi connectivity index (χ0v) is 19.7. The molecule has 3 heterocycles. The van der Waals surface area contributed by atoms with Crippen LogP contribution in [0.25, 0.3) is 0 Å². The number of amides is 1. The Morgan fingerprint density at radius 3 is 2.82 bits per heavy atom. The first-order valence-corrected chi connectivity index (χ1v) is 12.6. The Kier molecular flexibility index (Phi) is 8.39. The largest absolute Gasteiger partial charge is 0.493 e. The SMILES string of the molecule is O=C(O)[C@H](CCCCCCCc1ccc2c(n1)NCCC2)NC(=O)[C@H]1CCOc2ccccc21. The first kappa shape index (κ1) is 24.0. The number of carboxylic acid groups (broad SMARTS) is 1. The first-order chi connectivity index (χ1) is 16.6. The Morgan fingerprint density at radius 2 is 1.94 bits per heavy atom. The summed E-state index contributed by atoms with van der Waals surface area (Å²) in [6.45, 7) is 1.47. The Bertz CT molecular complexity index is 994. The molecule has 0 saturated heterocycles. The quantitative estimate of drug-likeness (QED) is 0.424. The predicted octanol–water partition coefficient (Wildman–Crippen LogP) is 4.46. The van der Waals surface area contributed by atoms with Crippen molar-refractivity contribution >= 4 is 17.7 Å². The van der Waals surface area contributed by atoms with Gasteiger partial charge in [-0.2, -0.15) is 0 Å². The number of anilines is 1. The zero-order valence-electron chi connectivity index (χ0n) is 19.7. The lowest BCUT2D eigenvalue weighted by Gasteiger charge is -2.26. The van der Waals surface area contributed by atoms with Gasteiger partial charge in [-0.25, -0.2) is 9.78 Å². The molecular formula is C27H35N3O4. The van der Waals surface area contributed by atoms with Crippen LogP contribution in [0.2, 0.25) is 0 Å². The van der Waals surface area contributed by atoms with Gasteiger partial charge < -0.3 is 20.5 Å². The molecule has 0 aliphatic carbocycles. The van der Waals surface area contributed by atoms with Gasteiger partial charge in [0.2, 0.25) is 5.91 Å². The van der Waals surface area contributed by atoms with Crippen LogP contribution in [0.4, 0.5) is 5.82 Å². The average molecular weight is 466 g/mol. The van der Waals surface area contributed by atoms with E-state index in [1.165, 1.54) is 12.0 Å². The summed E-state index contributed by atoms with van der Waals surface area (Å²) in [5.74, 6) is 0.201. The molecule has 2 aliphatic rings. The fourth-order valence-electron chi connectivity index (χ4n) is 4.84. The maximum atomic E-state index is 12.8. The maximum Gasteiger partial charge on any atom is 0.326 e. The Hall–Kier alpha value is -3.09. The molecule has 0 radical (unpaired) electrons. The van der Waals surface area contributed by atoms with E-state index in [1.807, 2.05) is 24.3 Å².